The van der Waals surface area contributed by atoms with Gasteiger partial charge in [-0.3, -0.25) is 4.79 Å². The molecule has 2 aromatic carbocycles. The fourth-order valence-corrected chi connectivity index (χ4v) is 3.10. The Morgan fingerprint density at radius 1 is 1.11 bits per heavy atom. The van der Waals surface area contributed by atoms with E-state index in [1.807, 2.05) is 72.2 Å². The quantitative estimate of drug-likeness (QED) is 0.536. The second-order valence-electron chi connectivity index (χ2n) is 6.53. The van der Waals surface area contributed by atoms with Crippen LogP contribution in [-0.4, -0.2) is 15.3 Å². The molecule has 0 aliphatic rings. The number of carbonyl (C=O) groups is 1. The van der Waals surface area contributed by atoms with Crippen LogP contribution in [0.25, 0.3) is 16.9 Å². The van der Waals surface area contributed by atoms with Gasteiger partial charge >= 0.3 is 0 Å². The van der Waals surface area contributed by atoms with Crippen molar-refractivity contribution in [2.75, 3.05) is 5.32 Å². The third-order valence-electron chi connectivity index (χ3n) is 4.34. The molecule has 27 heavy (non-hydrogen) atoms. The number of pyridine rings is 1. The molecule has 4 rings (SSSR count). The van der Waals surface area contributed by atoms with Crippen molar-refractivity contribution in [2.24, 2.45) is 0 Å². The van der Waals surface area contributed by atoms with E-state index in [0.717, 1.165) is 28.2 Å². The number of carbonyl (C=O) groups excluding carboxylic acids is 1. The first kappa shape index (κ1) is 17.3. The summed E-state index contributed by atoms with van der Waals surface area (Å²) in [6.45, 7) is 2.05. The molecule has 0 unspecified atom stereocenters. The monoisotopic (exact) mass is 375 g/mol. The zero-order chi connectivity index (χ0) is 18.8. The predicted molar refractivity (Wildman–Crippen MR) is 109 cm³/mol. The molecule has 0 spiro atoms. The fourth-order valence-electron chi connectivity index (χ4n) is 2.97. The Morgan fingerprint density at radius 2 is 1.93 bits per heavy atom. The number of benzene rings is 2. The molecular weight excluding hydrogens is 358 g/mol. The smallest absolute Gasteiger partial charge is 0.228 e. The van der Waals surface area contributed by atoms with E-state index in [-0.39, 0.29) is 5.91 Å². The summed E-state index contributed by atoms with van der Waals surface area (Å²) >= 11 is 5.88. The van der Waals surface area contributed by atoms with Crippen LogP contribution < -0.4 is 5.32 Å². The summed E-state index contributed by atoms with van der Waals surface area (Å²) in [5.41, 5.74) is 5.57. The van der Waals surface area contributed by atoms with Crippen molar-refractivity contribution < 1.29 is 4.79 Å². The van der Waals surface area contributed by atoms with Crippen LogP contribution in [0.15, 0.2) is 73.1 Å². The minimum atomic E-state index is -0.0694. The van der Waals surface area contributed by atoms with Crippen molar-refractivity contribution in [3.05, 3.63) is 89.2 Å². The van der Waals surface area contributed by atoms with Crippen molar-refractivity contribution in [3.8, 4) is 11.3 Å². The summed E-state index contributed by atoms with van der Waals surface area (Å²) in [6.07, 6.45) is 4.29. The molecular formula is C22H18ClN3O. The predicted octanol–water partition coefficient (Wildman–Crippen LogP) is 5.14. The minimum absolute atomic E-state index is 0.0694. The summed E-state index contributed by atoms with van der Waals surface area (Å²) in [7, 11) is 0. The van der Waals surface area contributed by atoms with Crippen LogP contribution in [0.4, 0.5) is 5.69 Å². The van der Waals surface area contributed by atoms with E-state index in [1.165, 1.54) is 5.56 Å². The number of amides is 1. The van der Waals surface area contributed by atoms with Gasteiger partial charge < -0.3 is 9.72 Å². The topological polar surface area (TPSA) is 46.4 Å². The number of nitrogens with zero attached hydrogens (tertiary/aromatic N) is 2. The van der Waals surface area contributed by atoms with Crippen molar-refractivity contribution in [2.45, 2.75) is 13.3 Å². The molecule has 2 aromatic heterocycles. The zero-order valence-corrected chi connectivity index (χ0v) is 15.6. The Kier molecular flexibility index (Phi) is 4.65. The maximum absolute atomic E-state index is 12.3. The Hall–Kier alpha value is -3.11. The van der Waals surface area contributed by atoms with Crippen LogP contribution in [0.2, 0.25) is 5.02 Å². The zero-order valence-electron chi connectivity index (χ0n) is 14.8. The van der Waals surface area contributed by atoms with E-state index < -0.39 is 0 Å². The first-order chi connectivity index (χ1) is 13.1. The largest absolute Gasteiger partial charge is 0.326 e. The number of nitrogens with one attached hydrogen (secondary N) is 1. The second-order valence-corrected chi connectivity index (χ2v) is 6.96. The summed E-state index contributed by atoms with van der Waals surface area (Å²) in [5, 5.41) is 3.61. The van der Waals surface area contributed by atoms with Crippen LogP contribution in [0, 0.1) is 6.92 Å². The van der Waals surface area contributed by atoms with Crippen molar-refractivity contribution in [3.63, 3.8) is 0 Å². The van der Waals surface area contributed by atoms with Gasteiger partial charge in [0.1, 0.15) is 5.65 Å². The molecule has 2 heterocycles. The molecule has 5 heteroatoms. The van der Waals surface area contributed by atoms with Crippen molar-refractivity contribution in [1.29, 1.82) is 0 Å². The molecule has 0 bridgehead atoms. The summed E-state index contributed by atoms with van der Waals surface area (Å²) in [4.78, 5) is 17.0. The SMILES string of the molecule is Cc1ccn2cc(-c3cccc(NC(=O)Cc4ccc(Cl)cc4)c3)nc2c1. The van der Waals surface area contributed by atoms with Crippen LogP contribution in [0.3, 0.4) is 0 Å². The van der Waals surface area contributed by atoms with Gasteiger partial charge in [-0.15, -0.1) is 0 Å². The van der Waals surface area contributed by atoms with Crippen molar-refractivity contribution >= 4 is 28.8 Å². The van der Waals surface area contributed by atoms with Gasteiger partial charge in [0.25, 0.3) is 0 Å². The van der Waals surface area contributed by atoms with E-state index >= 15 is 0 Å². The third kappa shape index (κ3) is 4.01. The van der Waals surface area contributed by atoms with Crippen LogP contribution in [-0.2, 0) is 11.2 Å². The highest BCUT2D eigenvalue weighted by Gasteiger charge is 2.08. The molecule has 4 aromatic rings. The van der Waals surface area contributed by atoms with Gasteiger partial charge in [0.05, 0.1) is 12.1 Å². The molecule has 0 aliphatic carbocycles. The summed E-state index contributed by atoms with van der Waals surface area (Å²) < 4.78 is 1.99. The Morgan fingerprint density at radius 3 is 2.74 bits per heavy atom. The number of hydrogen-bond donors (Lipinski definition) is 1. The first-order valence-electron chi connectivity index (χ1n) is 8.67. The normalized spacial score (nSPS) is 10.9. The minimum Gasteiger partial charge on any atom is -0.326 e. The molecule has 0 saturated heterocycles. The number of aromatic nitrogens is 2. The lowest BCUT2D eigenvalue weighted by Gasteiger charge is -2.07. The highest BCUT2D eigenvalue weighted by Crippen LogP contribution is 2.23. The van der Waals surface area contributed by atoms with Crippen LogP contribution >= 0.6 is 11.6 Å². The van der Waals surface area contributed by atoms with Gasteiger partial charge in [-0.25, -0.2) is 4.98 Å². The molecule has 134 valence electrons. The molecule has 4 nitrogen and oxygen atoms in total. The Balaban J connectivity index is 1.52. The fraction of sp³-hybridized carbons (Fsp3) is 0.0909. The van der Waals surface area contributed by atoms with Gasteiger partial charge in [0.2, 0.25) is 5.91 Å². The van der Waals surface area contributed by atoms with E-state index in [0.29, 0.717) is 11.4 Å². The Bertz CT molecular complexity index is 1120. The number of fused-ring (bicyclic) bond motifs is 1. The third-order valence-corrected chi connectivity index (χ3v) is 4.59. The number of imidazole rings is 1. The second kappa shape index (κ2) is 7.25. The van der Waals surface area contributed by atoms with E-state index in [4.69, 9.17) is 11.6 Å². The van der Waals surface area contributed by atoms with Crippen LogP contribution in [0.5, 0.6) is 0 Å². The van der Waals surface area contributed by atoms with Gasteiger partial charge in [-0.05, 0) is 54.4 Å². The molecule has 1 amide bonds. The highest BCUT2D eigenvalue weighted by molar-refractivity contribution is 6.30. The molecule has 0 fully saturated rings. The van der Waals surface area contributed by atoms with Gasteiger partial charge in [-0.2, -0.15) is 0 Å². The van der Waals surface area contributed by atoms with Crippen LogP contribution in [0.1, 0.15) is 11.1 Å². The average molecular weight is 376 g/mol. The molecule has 0 saturated carbocycles. The average Bonchev–Trinajstić information content (AvgIpc) is 3.07. The standard InChI is InChI=1S/C22H18ClN3O/c1-15-9-10-26-14-20(25-21(26)11-15)17-3-2-4-19(13-17)24-22(27)12-16-5-7-18(23)8-6-16/h2-11,13-14H,12H2,1H3,(H,24,27). The maximum atomic E-state index is 12.3. The lowest BCUT2D eigenvalue weighted by atomic mass is 10.1. The van der Waals surface area contributed by atoms with Gasteiger partial charge in [0.15, 0.2) is 0 Å². The lowest BCUT2D eigenvalue weighted by Crippen LogP contribution is -2.14. The highest BCUT2D eigenvalue weighted by atomic mass is 35.5. The molecule has 1 N–H and O–H groups in total. The van der Waals surface area contributed by atoms with Gasteiger partial charge in [-0.1, -0.05) is 35.9 Å². The van der Waals surface area contributed by atoms with E-state index in [1.54, 1.807) is 12.1 Å². The van der Waals surface area contributed by atoms with Gasteiger partial charge in [0, 0.05) is 28.7 Å². The molecule has 0 aliphatic heterocycles. The number of rotatable bonds is 4. The number of anilines is 1. The maximum Gasteiger partial charge on any atom is 0.228 e. The Labute approximate surface area is 162 Å². The number of hydrogen-bond acceptors (Lipinski definition) is 2. The van der Waals surface area contributed by atoms with Crippen molar-refractivity contribution in [1.82, 2.24) is 9.38 Å². The van der Waals surface area contributed by atoms with E-state index in [2.05, 4.69) is 10.3 Å². The lowest BCUT2D eigenvalue weighted by molar-refractivity contribution is -0.115. The first-order valence-corrected chi connectivity index (χ1v) is 9.05. The van der Waals surface area contributed by atoms with E-state index in [9.17, 15) is 4.79 Å². The molecule has 0 atom stereocenters. The summed E-state index contributed by atoms with van der Waals surface area (Å²) in [5.74, 6) is -0.0694. The molecule has 0 radical (unpaired) electrons. The number of aryl methyl sites for hydroxylation is 1. The number of halogens is 1. The summed E-state index contributed by atoms with van der Waals surface area (Å²) in [6, 6.07) is 19.1.